The minimum Gasteiger partial charge on any atom is -0.409 e. The van der Waals surface area contributed by atoms with Gasteiger partial charge >= 0.3 is 0 Å². The first kappa shape index (κ1) is 14.7. The Hall–Kier alpha value is -0.730. The van der Waals surface area contributed by atoms with Gasteiger partial charge in [0, 0.05) is 5.92 Å². The number of hydrogen-bond donors (Lipinski definition) is 2. The summed E-state index contributed by atoms with van der Waals surface area (Å²) in [6.45, 7) is 2.31. The highest BCUT2D eigenvalue weighted by atomic mass is 16.4. The van der Waals surface area contributed by atoms with Gasteiger partial charge in [0.25, 0.3) is 0 Å². The third-order valence-electron chi connectivity index (χ3n) is 5.56. The average molecular weight is 266 g/mol. The van der Waals surface area contributed by atoms with Gasteiger partial charge in [0.2, 0.25) is 0 Å². The van der Waals surface area contributed by atoms with E-state index in [1.807, 2.05) is 0 Å². The molecule has 2 rings (SSSR count). The predicted octanol–water partition coefficient (Wildman–Crippen LogP) is 4.15. The van der Waals surface area contributed by atoms with Gasteiger partial charge in [0.1, 0.15) is 5.84 Å². The van der Waals surface area contributed by atoms with Gasteiger partial charge in [0.15, 0.2) is 0 Å². The summed E-state index contributed by atoms with van der Waals surface area (Å²) >= 11 is 0. The van der Waals surface area contributed by atoms with Crippen molar-refractivity contribution >= 4 is 5.84 Å². The van der Waals surface area contributed by atoms with Crippen LogP contribution in [-0.2, 0) is 0 Å². The van der Waals surface area contributed by atoms with Crippen molar-refractivity contribution in [3.05, 3.63) is 0 Å². The van der Waals surface area contributed by atoms with E-state index in [0.29, 0.717) is 11.8 Å². The van der Waals surface area contributed by atoms with Gasteiger partial charge in [-0.15, -0.1) is 0 Å². The normalized spacial score (nSPS) is 37.2. The molecule has 0 unspecified atom stereocenters. The minimum atomic E-state index is 0.331. The zero-order valence-corrected chi connectivity index (χ0v) is 12.4. The van der Waals surface area contributed by atoms with Gasteiger partial charge in [-0.05, 0) is 56.3 Å². The Kier molecular flexibility index (Phi) is 5.53. The Bertz CT molecular complexity index is 287. The molecule has 0 heterocycles. The largest absolute Gasteiger partial charge is 0.409 e. The summed E-state index contributed by atoms with van der Waals surface area (Å²) in [6.07, 6.45) is 13.4. The number of nitrogens with zero attached hydrogens (tertiary/aromatic N) is 1. The summed E-state index contributed by atoms with van der Waals surface area (Å²) in [5.41, 5.74) is 5.72. The summed E-state index contributed by atoms with van der Waals surface area (Å²) in [7, 11) is 0. The summed E-state index contributed by atoms with van der Waals surface area (Å²) in [5, 5.41) is 11.9. The van der Waals surface area contributed by atoms with E-state index >= 15 is 0 Å². The number of hydrogen-bond acceptors (Lipinski definition) is 2. The van der Waals surface area contributed by atoms with Crippen LogP contribution in [0.3, 0.4) is 0 Å². The Balaban J connectivity index is 1.74. The van der Waals surface area contributed by atoms with Gasteiger partial charge < -0.3 is 10.9 Å². The van der Waals surface area contributed by atoms with E-state index in [1.165, 1.54) is 51.4 Å². The fraction of sp³-hybridized carbons (Fsp3) is 0.938. The second-order valence-electron chi connectivity index (χ2n) is 6.71. The maximum absolute atomic E-state index is 8.74. The van der Waals surface area contributed by atoms with E-state index in [2.05, 4.69) is 12.1 Å². The highest BCUT2D eigenvalue weighted by Gasteiger charge is 2.31. The molecule has 0 aromatic heterocycles. The van der Waals surface area contributed by atoms with Crippen LogP contribution in [0.2, 0.25) is 0 Å². The second-order valence-corrected chi connectivity index (χ2v) is 6.71. The van der Waals surface area contributed by atoms with Crippen molar-refractivity contribution in [3.63, 3.8) is 0 Å². The lowest BCUT2D eigenvalue weighted by molar-refractivity contribution is 0.154. The number of rotatable bonds is 4. The van der Waals surface area contributed by atoms with Gasteiger partial charge in [-0.1, -0.05) is 37.8 Å². The van der Waals surface area contributed by atoms with Gasteiger partial charge in [-0.25, -0.2) is 0 Å². The van der Waals surface area contributed by atoms with Gasteiger partial charge in [-0.3, -0.25) is 0 Å². The first-order chi connectivity index (χ1) is 9.24. The second kappa shape index (κ2) is 7.16. The molecule has 2 aliphatic carbocycles. The van der Waals surface area contributed by atoms with E-state index in [0.717, 1.165) is 30.6 Å². The molecular weight excluding hydrogens is 236 g/mol. The molecule has 0 saturated heterocycles. The molecule has 3 heteroatoms. The van der Waals surface area contributed by atoms with Crippen LogP contribution in [0, 0.1) is 23.7 Å². The van der Waals surface area contributed by atoms with Crippen LogP contribution in [0.1, 0.15) is 71.1 Å². The standard InChI is InChI=1S/C16H30N2O/c1-2-3-12-4-6-13(7-5-12)14-8-10-15(11-9-14)16(17)18-19/h12-15,19H,2-11H2,1H3,(H2,17,18). The lowest BCUT2D eigenvalue weighted by Crippen LogP contribution is -2.31. The molecule has 0 aromatic rings. The van der Waals surface area contributed by atoms with Crippen LogP contribution in [-0.4, -0.2) is 11.0 Å². The topological polar surface area (TPSA) is 58.6 Å². The van der Waals surface area contributed by atoms with Crippen molar-refractivity contribution in [3.8, 4) is 0 Å². The zero-order valence-electron chi connectivity index (χ0n) is 12.4. The van der Waals surface area contributed by atoms with Crippen molar-refractivity contribution in [2.24, 2.45) is 34.6 Å². The molecule has 19 heavy (non-hydrogen) atoms. The molecular formula is C16H30N2O. The predicted molar refractivity (Wildman–Crippen MR) is 79.2 cm³/mol. The average Bonchev–Trinajstić information content (AvgIpc) is 2.48. The summed E-state index contributed by atoms with van der Waals surface area (Å²) in [5.74, 6) is 3.66. The van der Waals surface area contributed by atoms with Crippen molar-refractivity contribution < 1.29 is 5.21 Å². The first-order valence-corrected chi connectivity index (χ1v) is 8.22. The summed E-state index contributed by atoms with van der Waals surface area (Å²) in [4.78, 5) is 0. The van der Waals surface area contributed by atoms with Crippen molar-refractivity contribution in [1.82, 2.24) is 0 Å². The third-order valence-corrected chi connectivity index (χ3v) is 5.56. The highest BCUT2D eigenvalue weighted by Crippen LogP contribution is 2.42. The van der Waals surface area contributed by atoms with Crippen LogP contribution in [0.5, 0.6) is 0 Å². The number of oxime groups is 1. The number of amidine groups is 1. The summed E-state index contributed by atoms with van der Waals surface area (Å²) < 4.78 is 0. The zero-order chi connectivity index (χ0) is 13.7. The van der Waals surface area contributed by atoms with Crippen LogP contribution >= 0.6 is 0 Å². The Morgan fingerprint density at radius 2 is 1.53 bits per heavy atom. The quantitative estimate of drug-likeness (QED) is 0.347. The Labute approximate surface area is 117 Å². The molecule has 0 atom stereocenters. The van der Waals surface area contributed by atoms with E-state index in [9.17, 15) is 0 Å². The fourth-order valence-corrected chi connectivity index (χ4v) is 4.32. The van der Waals surface area contributed by atoms with Crippen LogP contribution in [0.15, 0.2) is 5.16 Å². The van der Waals surface area contributed by atoms with E-state index in [-0.39, 0.29) is 0 Å². The maximum atomic E-state index is 8.74. The van der Waals surface area contributed by atoms with Crippen molar-refractivity contribution in [1.29, 1.82) is 0 Å². The molecule has 0 spiro atoms. The molecule has 0 radical (unpaired) electrons. The van der Waals surface area contributed by atoms with Gasteiger partial charge in [0.05, 0.1) is 0 Å². The lowest BCUT2D eigenvalue weighted by Gasteiger charge is -2.37. The molecule has 3 nitrogen and oxygen atoms in total. The molecule has 0 aromatic carbocycles. The fourth-order valence-electron chi connectivity index (χ4n) is 4.32. The molecule has 3 N–H and O–H groups in total. The Morgan fingerprint density at radius 1 is 1.00 bits per heavy atom. The molecule has 110 valence electrons. The molecule has 0 aliphatic heterocycles. The maximum Gasteiger partial charge on any atom is 0.142 e. The number of nitrogens with two attached hydrogens (primary N) is 1. The Morgan fingerprint density at radius 3 is 2.00 bits per heavy atom. The van der Waals surface area contributed by atoms with Crippen LogP contribution in [0.25, 0.3) is 0 Å². The molecule has 2 saturated carbocycles. The van der Waals surface area contributed by atoms with Crippen LogP contribution in [0.4, 0.5) is 0 Å². The molecule has 2 fully saturated rings. The third kappa shape index (κ3) is 3.87. The van der Waals surface area contributed by atoms with E-state index < -0.39 is 0 Å². The van der Waals surface area contributed by atoms with E-state index in [1.54, 1.807) is 0 Å². The van der Waals surface area contributed by atoms with E-state index in [4.69, 9.17) is 10.9 Å². The highest BCUT2D eigenvalue weighted by molar-refractivity contribution is 5.82. The molecule has 0 amide bonds. The van der Waals surface area contributed by atoms with Crippen LogP contribution < -0.4 is 5.73 Å². The van der Waals surface area contributed by atoms with Crippen molar-refractivity contribution in [2.75, 3.05) is 0 Å². The monoisotopic (exact) mass is 266 g/mol. The lowest BCUT2D eigenvalue weighted by atomic mass is 9.68. The minimum absolute atomic E-state index is 0.331. The summed E-state index contributed by atoms with van der Waals surface area (Å²) in [6, 6.07) is 0. The molecule has 0 bridgehead atoms. The first-order valence-electron chi connectivity index (χ1n) is 8.22. The smallest absolute Gasteiger partial charge is 0.142 e. The van der Waals surface area contributed by atoms with Crippen molar-refractivity contribution in [2.45, 2.75) is 71.1 Å². The SMILES string of the molecule is CCCC1CCC(C2CCC(C(N)=NO)CC2)CC1. The molecule has 2 aliphatic rings. The van der Waals surface area contributed by atoms with Gasteiger partial charge in [-0.2, -0.15) is 0 Å².